The van der Waals surface area contributed by atoms with E-state index in [9.17, 15) is 18.3 Å². The fraction of sp³-hybridized carbons (Fsp3) is 0.917. The van der Waals surface area contributed by atoms with E-state index in [0.717, 1.165) is 0 Å². The number of aliphatic carboxylic acids is 1. The van der Waals surface area contributed by atoms with Gasteiger partial charge in [0.25, 0.3) is 0 Å². The van der Waals surface area contributed by atoms with Gasteiger partial charge in [-0.05, 0) is 33.1 Å². The van der Waals surface area contributed by atoms with Crippen molar-refractivity contribution in [2.24, 2.45) is 5.41 Å². The SMILES string of the molecule is COCCC1(C(=O)O)CCCN(S(=O)(=O)C(C)C)C1. The van der Waals surface area contributed by atoms with Gasteiger partial charge in [-0.15, -0.1) is 0 Å². The summed E-state index contributed by atoms with van der Waals surface area (Å²) in [6.07, 6.45) is 1.40. The molecule has 0 radical (unpaired) electrons. The lowest BCUT2D eigenvalue weighted by atomic mass is 9.78. The molecule has 0 aromatic heterocycles. The number of hydrogen-bond donors (Lipinski definition) is 1. The van der Waals surface area contributed by atoms with Gasteiger partial charge in [0, 0.05) is 26.8 Å². The molecule has 1 atom stereocenters. The van der Waals surface area contributed by atoms with Gasteiger partial charge in [-0.2, -0.15) is 0 Å². The number of carboxylic acid groups (broad SMARTS) is 1. The maximum Gasteiger partial charge on any atom is 0.311 e. The average Bonchev–Trinajstić information content (AvgIpc) is 2.36. The monoisotopic (exact) mass is 293 g/mol. The van der Waals surface area contributed by atoms with E-state index in [0.29, 0.717) is 32.4 Å². The molecule has 112 valence electrons. The van der Waals surface area contributed by atoms with E-state index in [1.165, 1.54) is 11.4 Å². The normalized spacial score (nSPS) is 25.7. The number of carbonyl (C=O) groups is 1. The maximum atomic E-state index is 12.2. The molecule has 1 rings (SSSR count). The van der Waals surface area contributed by atoms with Crippen LogP contribution in [0.25, 0.3) is 0 Å². The second kappa shape index (κ2) is 6.19. The fourth-order valence-electron chi connectivity index (χ4n) is 2.39. The zero-order valence-corrected chi connectivity index (χ0v) is 12.6. The van der Waals surface area contributed by atoms with Gasteiger partial charge in [0.1, 0.15) is 0 Å². The number of nitrogens with zero attached hydrogens (tertiary/aromatic N) is 1. The summed E-state index contributed by atoms with van der Waals surface area (Å²) in [7, 11) is -1.89. The Bertz CT molecular complexity index is 420. The molecule has 1 unspecified atom stereocenters. The molecule has 1 saturated heterocycles. The van der Waals surface area contributed by atoms with E-state index in [1.54, 1.807) is 13.8 Å². The summed E-state index contributed by atoms with van der Waals surface area (Å²) in [5.41, 5.74) is -1.02. The van der Waals surface area contributed by atoms with E-state index in [2.05, 4.69) is 0 Å². The smallest absolute Gasteiger partial charge is 0.311 e. The van der Waals surface area contributed by atoms with E-state index in [1.807, 2.05) is 0 Å². The van der Waals surface area contributed by atoms with Crippen LogP contribution in [0.2, 0.25) is 0 Å². The molecule has 1 heterocycles. The molecule has 0 amide bonds. The second-order valence-electron chi connectivity index (χ2n) is 5.36. The van der Waals surface area contributed by atoms with Crippen LogP contribution in [0.1, 0.15) is 33.1 Å². The minimum atomic E-state index is -3.40. The Hall–Kier alpha value is -0.660. The third kappa shape index (κ3) is 3.46. The Morgan fingerprint density at radius 2 is 2.11 bits per heavy atom. The predicted octanol–water partition coefficient (Wildman–Crippen LogP) is 0.928. The zero-order chi connectivity index (χ0) is 14.7. The molecule has 1 aliphatic heterocycles. The van der Waals surface area contributed by atoms with Crippen LogP contribution in [-0.4, -0.2) is 55.9 Å². The van der Waals surface area contributed by atoms with Gasteiger partial charge in [-0.3, -0.25) is 4.79 Å². The standard InChI is InChI=1S/C12H23NO5S/c1-10(2)19(16,17)13-7-4-5-12(9-13,11(14)15)6-8-18-3/h10H,4-9H2,1-3H3,(H,14,15). The minimum Gasteiger partial charge on any atom is -0.481 e. The fourth-order valence-corrected chi connectivity index (χ4v) is 3.79. The minimum absolute atomic E-state index is 0.0478. The average molecular weight is 293 g/mol. The van der Waals surface area contributed by atoms with Crippen LogP contribution >= 0.6 is 0 Å². The number of sulfonamides is 1. The lowest BCUT2D eigenvalue weighted by Crippen LogP contribution is -2.51. The first-order valence-corrected chi connectivity index (χ1v) is 7.98. The molecule has 0 aromatic rings. The summed E-state index contributed by atoms with van der Waals surface area (Å²) in [6, 6.07) is 0. The van der Waals surface area contributed by atoms with Crippen molar-refractivity contribution in [2.75, 3.05) is 26.8 Å². The number of methoxy groups -OCH3 is 1. The van der Waals surface area contributed by atoms with Crippen molar-refractivity contribution in [1.29, 1.82) is 0 Å². The number of carboxylic acids is 1. The first-order valence-electron chi connectivity index (χ1n) is 6.47. The number of rotatable bonds is 6. The summed E-state index contributed by atoms with van der Waals surface area (Å²) in [5, 5.41) is 8.93. The molecule has 0 spiro atoms. The molecule has 1 aliphatic rings. The van der Waals surface area contributed by atoms with Crippen LogP contribution in [0, 0.1) is 5.41 Å². The molecule has 1 fully saturated rings. The van der Waals surface area contributed by atoms with Crippen molar-refractivity contribution in [3.63, 3.8) is 0 Å². The van der Waals surface area contributed by atoms with Crippen LogP contribution in [0.3, 0.4) is 0 Å². The summed E-state index contributed by atoms with van der Waals surface area (Å²) >= 11 is 0. The summed E-state index contributed by atoms with van der Waals surface area (Å²) in [6.45, 7) is 4.00. The highest BCUT2D eigenvalue weighted by atomic mass is 32.2. The van der Waals surface area contributed by atoms with Crippen molar-refractivity contribution < 1.29 is 23.1 Å². The number of hydrogen-bond acceptors (Lipinski definition) is 4. The van der Waals surface area contributed by atoms with Gasteiger partial charge in [-0.1, -0.05) is 0 Å². The van der Waals surface area contributed by atoms with Crippen molar-refractivity contribution in [3.05, 3.63) is 0 Å². The van der Waals surface area contributed by atoms with Gasteiger partial charge >= 0.3 is 5.97 Å². The number of ether oxygens (including phenoxy) is 1. The molecular formula is C12H23NO5S. The Kier molecular flexibility index (Phi) is 5.34. The van der Waals surface area contributed by atoms with Crippen LogP contribution in [0.4, 0.5) is 0 Å². The molecule has 0 saturated carbocycles. The highest BCUT2D eigenvalue weighted by Gasteiger charge is 2.45. The summed E-state index contributed by atoms with van der Waals surface area (Å²) in [5.74, 6) is -0.937. The lowest BCUT2D eigenvalue weighted by Gasteiger charge is -2.39. The van der Waals surface area contributed by atoms with Gasteiger partial charge < -0.3 is 9.84 Å². The largest absolute Gasteiger partial charge is 0.481 e. The molecular weight excluding hydrogens is 270 g/mol. The maximum absolute atomic E-state index is 12.2. The third-order valence-corrected chi connectivity index (χ3v) is 5.96. The molecule has 0 aliphatic carbocycles. The summed E-state index contributed by atoms with van der Waals surface area (Å²) < 4.78 is 30.6. The highest BCUT2D eigenvalue weighted by molar-refractivity contribution is 7.89. The van der Waals surface area contributed by atoms with E-state index in [-0.39, 0.29) is 6.54 Å². The van der Waals surface area contributed by atoms with Crippen LogP contribution in [-0.2, 0) is 19.6 Å². The summed E-state index contributed by atoms with van der Waals surface area (Å²) in [4.78, 5) is 11.5. The topological polar surface area (TPSA) is 83.9 Å². The van der Waals surface area contributed by atoms with Gasteiger partial charge in [0.15, 0.2) is 0 Å². The van der Waals surface area contributed by atoms with E-state index in [4.69, 9.17) is 4.74 Å². The van der Waals surface area contributed by atoms with E-state index < -0.39 is 26.7 Å². The number of piperidine rings is 1. The second-order valence-corrected chi connectivity index (χ2v) is 7.85. The first-order chi connectivity index (χ1) is 8.76. The van der Waals surface area contributed by atoms with Gasteiger partial charge in [0.2, 0.25) is 10.0 Å². The molecule has 19 heavy (non-hydrogen) atoms. The highest BCUT2D eigenvalue weighted by Crippen LogP contribution is 2.35. The van der Waals surface area contributed by atoms with E-state index >= 15 is 0 Å². The van der Waals surface area contributed by atoms with Crippen LogP contribution in [0.5, 0.6) is 0 Å². The predicted molar refractivity (Wildman–Crippen MR) is 71.4 cm³/mol. The zero-order valence-electron chi connectivity index (χ0n) is 11.8. The molecule has 6 nitrogen and oxygen atoms in total. The Balaban J connectivity index is 2.95. The Morgan fingerprint density at radius 1 is 1.47 bits per heavy atom. The lowest BCUT2D eigenvalue weighted by molar-refractivity contribution is -0.152. The quantitative estimate of drug-likeness (QED) is 0.787. The van der Waals surface area contributed by atoms with Crippen LogP contribution < -0.4 is 0 Å². The molecule has 0 aromatic carbocycles. The van der Waals surface area contributed by atoms with Crippen LogP contribution in [0.15, 0.2) is 0 Å². The van der Waals surface area contributed by atoms with Gasteiger partial charge in [0.05, 0.1) is 10.7 Å². The molecule has 0 bridgehead atoms. The van der Waals surface area contributed by atoms with Gasteiger partial charge in [-0.25, -0.2) is 12.7 Å². The van der Waals surface area contributed by atoms with Crippen molar-refractivity contribution in [2.45, 2.75) is 38.4 Å². The van der Waals surface area contributed by atoms with Crippen molar-refractivity contribution in [3.8, 4) is 0 Å². The Labute approximate surface area is 114 Å². The first kappa shape index (κ1) is 16.4. The molecule has 7 heteroatoms. The van der Waals surface area contributed by atoms with Crippen molar-refractivity contribution >= 4 is 16.0 Å². The third-order valence-electron chi connectivity index (χ3n) is 3.74. The Morgan fingerprint density at radius 3 is 2.58 bits per heavy atom. The molecule has 1 N–H and O–H groups in total. The van der Waals surface area contributed by atoms with Crippen molar-refractivity contribution in [1.82, 2.24) is 4.31 Å².